The van der Waals surface area contributed by atoms with E-state index in [-0.39, 0.29) is 55.3 Å². The third-order valence-electron chi connectivity index (χ3n) is 6.25. The minimum Gasteiger partial charge on any atom is -0.332 e. The molecule has 0 saturated heterocycles. The molecule has 14 heteroatoms. The normalized spacial score (nSPS) is 11.5. The van der Waals surface area contributed by atoms with Crippen molar-refractivity contribution in [3.8, 4) is 0 Å². The number of nitrogens with one attached hydrogen (secondary N) is 4. The van der Waals surface area contributed by atoms with E-state index in [1.165, 1.54) is 54.6 Å². The number of nitro benzene ring substituents is 2. The predicted octanol–water partition coefficient (Wildman–Crippen LogP) is 5.90. The van der Waals surface area contributed by atoms with Gasteiger partial charge >= 0.3 is 0 Å². The van der Waals surface area contributed by atoms with E-state index in [0.29, 0.717) is 17.1 Å². The number of fused-ring (bicyclic) bond motifs is 2. The number of hydrogen-bond acceptors (Lipinski definition) is 8. The van der Waals surface area contributed by atoms with Crippen LogP contribution >= 0.6 is 24.4 Å². The van der Waals surface area contributed by atoms with E-state index in [0.717, 1.165) is 0 Å². The van der Waals surface area contributed by atoms with Gasteiger partial charge in [-0.15, -0.1) is 0 Å². The average Bonchev–Trinajstić information content (AvgIpc) is 2.97. The van der Waals surface area contributed by atoms with Gasteiger partial charge < -0.3 is 21.3 Å². The number of non-ortho nitro benzene ring substituents is 2. The molecule has 1 aliphatic rings. The lowest BCUT2D eigenvalue weighted by atomic mass is 9.83. The minimum atomic E-state index is -0.525. The molecule has 0 spiro atoms. The third kappa shape index (κ3) is 5.65. The van der Waals surface area contributed by atoms with Crippen LogP contribution in [0, 0.1) is 20.2 Å². The molecule has 0 amide bonds. The van der Waals surface area contributed by atoms with Crippen LogP contribution in [0.1, 0.15) is 31.8 Å². The number of nitro groups is 2. The van der Waals surface area contributed by atoms with Crippen molar-refractivity contribution >= 4 is 80.4 Å². The van der Waals surface area contributed by atoms with Gasteiger partial charge in [0.15, 0.2) is 21.8 Å². The van der Waals surface area contributed by atoms with Gasteiger partial charge in [0, 0.05) is 52.3 Å². The Morgan fingerprint density at radius 2 is 1.05 bits per heavy atom. The Kier molecular flexibility index (Phi) is 7.64. The van der Waals surface area contributed by atoms with Crippen LogP contribution in [0.15, 0.2) is 84.9 Å². The van der Waals surface area contributed by atoms with E-state index < -0.39 is 15.6 Å². The molecular formula is C28H18N6O6S2. The van der Waals surface area contributed by atoms with Crippen LogP contribution in [-0.4, -0.2) is 31.6 Å². The lowest BCUT2D eigenvalue weighted by Gasteiger charge is -2.24. The Hall–Kier alpha value is -5.60. The molecule has 5 rings (SSSR count). The molecule has 4 aromatic rings. The average molecular weight is 599 g/mol. The van der Waals surface area contributed by atoms with Crippen molar-refractivity contribution in [2.75, 3.05) is 21.3 Å². The predicted molar refractivity (Wildman–Crippen MR) is 166 cm³/mol. The molecule has 0 unspecified atom stereocenters. The van der Waals surface area contributed by atoms with Crippen molar-refractivity contribution in [3.05, 3.63) is 127 Å². The fourth-order valence-electron chi connectivity index (χ4n) is 4.31. The number of nitrogens with zero attached hydrogens (tertiary/aromatic N) is 2. The minimum absolute atomic E-state index is 0.0358. The highest BCUT2D eigenvalue weighted by molar-refractivity contribution is 7.81. The van der Waals surface area contributed by atoms with Gasteiger partial charge in [-0.25, -0.2) is 0 Å². The van der Waals surface area contributed by atoms with Crippen LogP contribution in [-0.2, 0) is 0 Å². The molecule has 42 heavy (non-hydrogen) atoms. The first-order chi connectivity index (χ1) is 20.1. The quantitative estimate of drug-likeness (QED) is 0.104. The van der Waals surface area contributed by atoms with Gasteiger partial charge in [0.05, 0.1) is 26.8 Å². The Morgan fingerprint density at radius 1 is 0.571 bits per heavy atom. The van der Waals surface area contributed by atoms with Crippen molar-refractivity contribution in [2.45, 2.75) is 0 Å². The lowest BCUT2D eigenvalue weighted by molar-refractivity contribution is -0.385. The van der Waals surface area contributed by atoms with Gasteiger partial charge in [0.25, 0.3) is 11.4 Å². The molecular weight excluding hydrogens is 580 g/mol. The number of carbonyl (C=O) groups is 2. The standard InChI is InChI=1S/C28H18N6O6S2/c35-25-19-3-1-2-4-20(19)26(36)23-21(25)13-14-22(31-27(41)29-15-5-9-17(10-6-15)33(37)38)24(23)32-28(42)30-16-7-11-18(12-8-16)34(39)40/h1-14H,(H2,29,31,41)(H2,30,32,42). The number of hydrogen-bond donors (Lipinski definition) is 4. The summed E-state index contributed by atoms with van der Waals surface area (Å²) in [7, 11) is 0. The summed E-state index contributed by atoms with van der Waals surface area (Å²) < 4.78 is 0. The smallest absolute Gasteiger partial charge is 0.269 e. The first kappa shape index (κ1) is 27.9. The molecule has 4 N–H and O–H groups in total. The Balaban J connectivity index is 1.47. The second-order valence-electron chi connectivity index (χ2n) is 8.88. The van der Waals surface area contributed by atoms with Gasteiger partial charge in [-0.2, -0.15) is 0 Å². The van der Waals surface area contributed by atoms with Crippen molar-refractivity contribution in [3.63, 3.8) is 0 Å². The maximum Gasteiger partial charge on any atom is 0.269 e. The molecule has 0 fully saturated rings. The van der Waals surface area contributed by atoms with Crippen LogP contribution in [0.2, 0.25) is 0 Å². The molecule has 12 nitrogen and oxygen atoms in total. The van der Waals surface area contributed by atoms with Crippen molar-refractivity contribution in [2.24, 2.45) is 0 Å². The van der Waals surface area contributed by atoms with E-state index in [4.69, 9.17) is 24.4 Å². The zero-order valence-corrected chi connectivity index (χ0v) is 22.9. The first-order valence-corrected chi connectivity index (χ1v) is 12.9. The summed E-state index contributed by atoms with van der Waals surface area (Å²) in [4.78, 5) is 47.9. The molecule has 0 saturated carbocycles. The highest BCUT2D eigenvalue weighted by Gasteiger charge is 2.33. The summed E-state index contributed by atoms with van der Waals surface area (Å²) in [5.74, 6) is -0.741. The fourth-order valence-corrected chi connectivity index (χ4v) is 4.76. The topological polar surface area (TPSA) is 169 Å². The van der Waals surface area contributed by atoms with E-state index in [9.17, 15) is 29.8 Å². The van der Waals surface area contributed by atoms with Crippen molar-refractivity contribution < 1.29 is 19.4 Å². The summed E-state index contributed by atoms with van der Waals surface area (Å²) in [5, 5.41) is 33.9. The van der Waals surface area contributed by atoms with Crippen LogP contribution in [0.5, 0.6) is 0 Å². The molecule has 0 bridgehead atoms. The van der Waals surface area contributed by atoms with Crippen LogP contribution < -0.4 is 21.3 Å². The fraction of sp³-hybridized carbons (Fsp3) is 0. The second-order valence-corrected chi connectivity index (χ2v) is 9.70. The zero-order valence-electron chi connectivity index (χ0n) is 21.2. The van der Waals surface area contributed by atoms with Gasteiger partial charge in [-0.3, -0.25) is 29.8 Å². The van der Waals surface area contributed by atoms with E-state index in [2.05, 4.69) is 21.3 Å². The van der Waals surface area contributed by atoms with E-state index >= 15 is 0 Å². The molecule has 0 atom stereocenters. The zero-order chi connectivity index (χ0) is 30.0. The summed E-state index contributed by atoms with van der Waals surface area (Å²) in [6, 6.07) is 20.7. The molecule has 4 aromatic carbocycles. The van der Waals surface area contributed by atoms with E-state index in [1.54, 1.807) is 30.3 Å². The molecule has 0 heterocycles. The number of rotatable bonds is 6. The maximum atomic E-state index is 13.7. The first-order valence-electron chi connectivity index (χ1n) is 12.1. The SMILES string of the molecule is O=C1c2ccccc2C(=O)c2c1ccc(NC(=S)Nc1ccc([N+](=O)[O-])cc1)c2NC(=S)Nc1ccc([N+](=O)[O-])cc1. The number of ketones is 2. The Morgan fingerprint density at radius 3 is 1.55 bits per heavy atom. The Bertz CT molecular complexity index is 1810. The highest BCUT2D eigenvalue weighted by atomic mass is 32.1. The lowest BCUT2D eigenvalue weighted by Crippen LogP contribution is -2.28. The highest BCUT2D eigenvalue weighted by Crippen LogP contribution is 2.37. The van der Waals surface area contributed by atoms with Gasteiger partial charge in [-0.1, -0.05) is 24.3 Å². The van der Waals surface area contributed by atoms with Gasteiger partial charge in [0.1, 0.15) is 0 Å². The maximum absolute atomic E-state index is 13.7. The second kappa shape index (κ2) is 11.5. The van der Waals surface area contributed by atoms with E-state index in [1.807, 2.05) is 0 Å². The van der Waals surface area contributed by atoms with Gasteiger partial charge in [0.2, 0.25) is 0 Å². The summed E-state index contributed by atoms with van der Waals surface area (Å²) >= 11 is 10.9. The van der Waals surface area contributed by atoms with Gasteiger partial charge in [-0.05, 0) is 60.8 Å². The van der Waals surface area contributed by atoms with Crippen LogP contribution in [0.25, 0.3) is 0 Å². The third-order valence-corrected chi connectivity index (χ3v) is 6.66. The number of benzene rings is 4. The Labute approximate surface area is 248 Å². The molecule has 1 aliphatic carbocycles. The van der Waals surface area contributed by atoms with Crippen LogP contribution in [0.3, 0.4) is 0 Å². The largest absolute Gasteiger partial charge is 0.332 e. The summed E-state index contributed by atoms with van der Waals surface area (Å²) in [5.41, 5.74) is 1.97. The number of anilines is 4. The van der Waals surface area contributed by atoms with Crippen molar-refractivity contribution in [1.29, 1.82) is 0 Å². The summed E-state index contributed by atoms with van der Waals surface area (Å²) in [6.07, 6.45) is 0. The van der Waals surface area contributed by atoms with Crippen LogP contribution in [0.4, 0.5) is 34.1 Å². The monoisotopic (exact) mass is 598 g/mol. The summed E-state index contributed by atoms with van der Waals surface area (Å²) in [6.45, 7) is 0. The molecule has 0 aliphatic heterocycles. The molecule has 0 aromatic heterocycles. The number of carbonyl (C=O) groups excluding carboxylic acids is 2. The molecule has 208 valence electrons. The number of thiocarbonyl (C=S) groups is 2. The molecule has 0 radical (unpaired) electrons. The van der Waals surface area contributed by atoms with Crippen molar-refractivity contribution in [1.82, 2.24) is 0 Å².